The van der Waals surface area contributed by atoms with Crippen molar-refractivity contribution in [3.05, 3.63) is 46.5 Å². The molecule has 0 aromatic heterocycles. The van der Waals surface area contributed by atoms with Crippen LogP contribution < -0.4 is 18.9 Å². The van der Waals surface area contributed by atoms with Crippen molar-refractivity contribution in [1.82, 2.24) is 4.90 Å². The number of nitrogens with zero attached hydrogens (tertiary/aromatic N) is 1. The summed E-state index contributed by atoms with van der Waals surface area (Å²) in [4.78, 5) is 2.45. The molecule has 5 heteroatoms. The van der Waals surface area contributed by atoms with Gasteiger partial charge in [-0.05, 0) is 60.6 Å². The largest absolute Gasteiger partial charge is 0.493 e. The Morgan fingerprint density at radius 1 is 1.10 bits per heavy atom. The molecule has 5 nitrogen and oxygen atoms in total. The van der Waals surface area contributed by atoms with Crippen LogP contribution in [0.25, 0.3) is 11.8 Å². The fourth-order valence-corrected chi connectivity index (χ4v) is 5.75. The molecule has 3 aliphatic heterocycles. The molecule has 6 rings (SSSR count). The Bertz CT molecular complexity index is 1140. The molecule has 0 spiro atoms. The maximum Gasteiger partial charge on any atom is 0.231 e. The second kappa shape index (κ2) is 6.86. The minimum atomic E-state index is -2.56. The zero-order valence-corrected chi connectivity index (χ0v) is 17.1. The molecule has 0 bridgehead atoms. The molecule has 1 atom stereocenters. The number of benzene rings is 2. The van der Waals surface area contributed by atoms with E-state index in [2.05, 4.69) is 23.1 Å². The maximum absolute atomic E-state index is 7.78. The molecule has 1 aliphatic carbocycles. The van der Waals surface area contributed by atoms with Gasteiger partial charge in [0.25, 0.3) is 0 Å². The van der Waals surface area contributed by atoms with Crippen molar-refractivity contribution in [2.45, 2.75) is 38.1 Å². The van der Waals surface area contributed by atoms with Gasteiger partial charge in [-0.25, -0.2) is 0 Å². The van der Waals surface area contributed by atoms with E-state index in [-0.39, 0.29) is 12.8 Å². The molecule has 0 radical (unpaired) electrons. The lowest BCUT2D eigenvalue weighted by atomic mass is 9.80. The van der Waals surface area contributed by atoms with Crippen molar-refractivity contribution < 1.29 is 23.1 Å². The monoisotopic (exact) mass is 408 g/mol. The zero-order chi connectivity index (χ0) is 22.7. The van der Waals surface area contributed by atoms with Crippen LogP contribution in [0.1, 0.15) is 58.1 Å². The summed E-state index contributed by atoms with van der Waals surface area (Å²) < 4.78 is 45.8. The number of hydrogen-bond acceptors (Lipinski definition) is 5. The highest BCUT2D eigenvalue weighted by molar-refractivity contribution is 5.88. The van der Waals surface area contributed by atoms with E-state index in [0.29, 0.717) is 17.4 Å². The first-order chi connectivity index (χ1) is 15.9. The van der Waals surface area contributed by atoms with Gasteiger partial charge in [-0.3, -0.25) is 0 Å². The van der Waals surface area contributed by atoms with Crippen molar-refractivity contribution in [2.24, 2.45) is 5.92 Å². The zero-order valence-electron chi connectivity index (χ0n) is 20.1. The molecule has 2 aromatic rings. The fraction of sp³-hybridized carbons (Fsp3) is 0.440. The average molecular weight is 409 g/mol. The van der Waals surface area contributed by atoms with Crippen LogP contribution in [0.2, 0.25) is 0 Å². The molecule has 3 heterocycles. The minimum absolute atomic E-state index is 0.0357. The third-order valence-electron chi connectivity index (χ3n) is 7.09. The highest BCUT2D eigenvalue weighted by atomic mass is 16.7. The van der Waals surface area contributed by atoms with Gasteiger partial charge in [-0.15, -0.1) is 0 Å². The molecule has 0 N–H and O–H groups in total. The van der Waals surface area contributed by atoms with Gasteiger partial charge in [0, 0.05) is 23.4 Å². The lowest BCUT2D eigenvalue weighted by Crippen LogP contribution is -2.38. The van der Waals surface area contributed by atoms with E-state index < -0.39 is 7.04 Å². The van der Waals surface area contributed by atoms with Gasteiger partial charge in [-0.1, -0.05) is 18.9 Å². The van der Waals surface area contributed by atoms with Crippen LogP contribution in [0.4, 0.5) is 0 Å². The van der Waals surface area contributed by atoms with E-state index in [0.717, 1.165) is 59.7 Å². The fourth-order valence-electron chi connectivity index (χ4n) is 5.75. The van der Waals surface area contributed by atoms with Crippen LogP contribution in [-0.2, 0) is 6.42 Å². The molecule has 1 fully saturated rings. The second-order valence-corrected chi connectivity index (χ2v) is 8.53. The summed E-state index contributed by atoms with van der Waals surface area (Å²) in [6.07, 6.45) is 7.67. The Kier molecular flexibility index (Phi) is 3.44. The van der Waals surface area contributed by atoms with Gasteiger partial charge in [0.05, 0.1) is 24.3 Å². The Balaban J connectivity index is 1.56. The third-order valence-corrected chi connectivity index (χ3v) is 7.09. The van der Waals surface area contributed by atoms with Crippen LogP contribution in [0.5, 0.6) is 23.0 Å². The lowest BCUT2D eigenvalue weighted by Gasteiger charge is -2.46. The van der Waals surface area contributed by atoms with E-state index in [1.807, 2.05) is 12.1 Å². The van der Waals surface area contributed by atoms with Gasteiger partial charge in [0.15, 0.2) is 23.0 Å². The molecule has 30 heavy (non-hydrogen) atoms. The van der Waals surface area contributed by atoms with Crippen LogP contribution in [0.15, 0.2) is 24.3 Å². The van der Waals surface area contributed by atoms with Crippen molar-refractivity contribution in [1.29, 1.82) is 0 Å². The van der Waals surface area contributed by atoms with Crippen molar-refractivity contribution in [2.75, 3.05) is 27.5 Å². The van der Waals surface area contributed by atoms with Gasteiger partial charge < -0.3 is 23.8 Å². The Hall–Kier alpha value is -2.82. The van der Waals surface area contributed by atoms with Crippen LogP contribution in [0, 0.1) is 5.92 Å². The SMILES string of the molecule is [2H]C([2H])([2H])Oc1c(OC)ccc2c1C(C1CCCC1)N1CCc3cc4c(cc3C1=C2)OCO4. The molecule has 2 aromatic carbocycles. The van der Waals surface area contributed by atoms with Crippen LogP contribution in [0.3, 0.4) is 0 Å². The van der Waals surface area contributed by atoms with Gasteiger partial charge in [-0.2, -0.15) is 0 Å². The topological polar surface area (TPSA) is 40.2 Å². The number of hydrogen-bond donors (Lipinski definition) is 0. The highest BCUT2D eigenvalue weighted by Gasteiger charge is 2.41. The summed E-state index contributed by atoms with van der Waals surface area (Å²) in [6.45, 7) is 1.10. The Morgan fingerprint density at radius 2 is 1.93 bits per heavy atom. The first kappa shape index (κ1) is 15.1. The second-order valence-electron chi connectivity index (χ2n) is 8.53. The Labute approximate surface area is 181 Å². The van der Waals surface area contributed by atoms with Crippen LogP contribution in [-0.4, -0.2) is 32.4 Å². The Morgan fingerprint density at radius 3 is 2.73 bits per heavy atom. The molecular weight excluding hydrogens is 378 g/mol. The third kappa shape index (κ3) is 2.54. The summed E-state index contributed by atoms with van der Waals surface area (Å²) in [5.41, 5.74) is 5.49. The van der Waals surface area contributed by atoms with E-state index in [9.17, 15) is 0 Å². The summed E-state index contributed by atoms with van der Waals surface area (Å²) in [5, 5.41) is 0. The molecule has 4 aliphatic rings. The predicted octanol–water partition coefficient (Wildman–Crippen LogP) is 5.03. The average Bonchev–Trinajstić information content (AvgIpc) is 3.47. The number of fused-ring (bicyclic) bond motifs is 5. The standard InChI is InChI=1S/C25H27NO4/c1-27-20-8-7-17-11-19-18-13-22-21(29-14-30-22)12-16(18)9-10-26(19)24(15-5-3-4-6-15)23(17)25(20)28-2/h7-8,11-13,15,24H,3-6,9-10,14H2,1-2H3/i2D3. The van der Waals surface area contributed by atoms with Gasteiger partial charge >= 0.3 is 0 Å². The van der Waals surface area contributed by atoms with E-state index in [1.165, 1.54) is 18.4 Å². The number of rotatable bonds is 3. The summed E-state index contributed by atoms with van der Waals surface area (Å²) in [5.74, 6) is 2.82. The van der Waals surface area contributed by atoms with Gasteiger partial charge in [0.1, 0.15) is 0 Å². The smallest absolute Gasteiger partial charge is 0.231 e. The van der Waals surface area contributed by atoms with Gasteiger partial charge in [0.2, 0.25) is 6.79 Å². The van der Waals surface area contributed by atoms with E-state index >= 15 is 0 Å². The molecular formula is C25H27NO4. The first-order valence-electron chi connectivity index (χ1n) is 12.2. The number of ether oxygens (including phenoxy) is 4. The van der Waals surface area contributed by atoms with E-state index in [1.54, 1.807) is 7.11 Å². The van der Waals surface area contributed by atoms with Crippen molar-refractivity contribution in [3.63, 3.8) is 0 Å². The summed E-state index contributed by atoms with van der Waals surface area (Å²) in [7, 11) is -0.998. The molecule has 0 amide bonds. The van der Waals surface area contributed by atoms with Crippen molar-refractivity contribution in [3.8, 4) is 23.0 Å². The molecule has 1 saturated carbocycles. The highest BCUT2D eigenvalue weighted by Crippen LogP contribution is 2.54. The quantitative estimate of drug-likeness (QED) is 0.712. The maximum atomic E-state index is 7.78. The van der Waals surface area contributed by atoms with E-state index in [4.69, 9.17) is 23.1 Å². The first-order valence-corrected chi connectivity index (χ1v) is 10.7. The lowest BCUT2D eigenvalue weighted by molar-refractivity contribution is 0.174. The summed E-state index contributed by atoms with van der Waals surface area (Å²) >= 11 is 0. The van der Waals surface area contributed by atoms with Crippen LogP contribution >= 0.6 is 0 Å². The molecule has 156 valence electrons. The minimum Gasteiger partial charge on any atom is -0.493 e. The normalized spacial score (nSPS) is 23.5. The molecule has 0 saturated heterocycles. The molecule has 1 unspecified atom stereocenters. The summed E-state index contributed by atoms with van der Waals surface area (Å²) in [6, 6.07) is 8.06. The predicted molar refractivity (Wildman–Crippen MR) is 115 cm³/mol. The number of methoxy groups -OCH3 is 2. The van der Waals surface area contributed by atoms with Crippen molar-refractivity contribution >= 4 is 11.8 Å².